The van der Waals surface area contributed by atoms with E-state index in [2.05, 4.69) is 5.10 Å². The first-order valence-electron chi connectivity index (χ1n) is 5.94. The van der Waals surface area contributed by atoms with E-state index < -0.39 is 5.97 Å². The fourth-order valence-electron chi connectivity index (χ4n) is 1.61. The van der Waals surface area contributed by atoms with E-state index in [9.17, 15) is 4.79 Å². The average Bonchev–Trinajstić information content (AvgIpc) is 2.89. The van der Waals surface area contributed by atoms with Crippen LogP contribution in [0.2, 0.25) is 10.0 Å². The molecule has 5 nitrogen and oxygen atoms in total. The second-order valence-electron chi connectivity index (χ2n) is 4.14. The number of ether oxygens (including phenoxy) is 1. The highest BCUT2D eigenvalue weighted by Gasteiger charge is 2.13. The lowest BCUT2D eigenvalue weighted by molar-refractivity contribution is 0.0472. The molecule has 0 saturated heterocycles. The van der Waals surface area contributed by atoms with Crippen molar-refractivity contribution in [1.82, 2.24) is 9.78 Å². The molecule has 0 fully saturated rings. The van der Waals surface area contributed by atoms with Gasteiger partial charge in [-0.1, -0.05) is 23.2 Å². The van der Waals surface area contributed by atoms with Crippen molar-refractivity contribution in [1.29, 1.82) is 0 Å². The summed E-state index contributed by atoms with van der Waals surface area (Å²) in [5.41, 5.74) is 6.97. The van der Waals surface area contributed by atoms with Crippen LogP contribution in [0, 0.1) is 0 Å². The summed E-state index contributed by atoms with van der Waals surface area (Å²) in [6, 6.07) is 2.87. The van der Waals surface area contributed by atoms with Gasteiger partial charge in [0.2, 0.25) is 0 Å². The molecule has 0 radical (unpaired) electrons. The Morgan fingerprint density at radius 1 is 1.45 bits per heavy atom. The summed E-state index contributed by atoms with van der Waals surface area (Å²) in [7, 11) is 0. The van der Waals surface area contributed by atoms with Crippen molar-refractivity contribution in [3.8, 4) is 0 Å². The van der Waals surface area contributed by atoms with Gasteiger partial charge in [0.15, 0.2) is 0 Å². The molecule has 1 aromatic heterocycles. The fourth-order valence-corrected chi connectivity index (χ4v) is 1.95. The molecule has 0 spiro atoms. The minimum Gasteiger partial charge on any atom is -0.457 e. The number of anilines is 1. The van der Waals surface area contributed by atoms with Crippen LogP contribution in [0.15, 0.2) is 24.5 Å². The normalized spacial score (nSPS) is 10.6. The molecule has 2 N–H and O–H groups in total. The van der Waals surface area contributed by atoms with E-state index in [1.165, 1.54) is 12.1 Å². The molecule has 106 valence electrons. The third kappa shape index (κ3) is 3.23. The zero-order valence-corrected chi connectivity index (χ0v) is 12.3. The van der Waals surface area contributed by atoms with Crippen LogP contribution in [0.3, 0.4) is 0 Å². The number of hydrogen-bond acceptors (Lipinski definition) is 4. The Bertz CT molecular complexity index is 617. The molecule has 20 heavy (non-hydrogen) atoms. The third-order valence-electron chi connectivity index (χ3n) is 2.67. The van der Waals surface area contributed by atoms with Crippen LogP contribution in [0.4, 0.5) is 5.69 Å². The first-order valence-corrected chi connectivity index (χ1v) is 6.69. The number of esters is 1. The molecule has 0 amide bonds. The maximum Gasteiger partial charge on any atom is 0.338 e. The van der Waals surface area contributed by atoms with Crippen LogP contribution in [-0.4, -0.2) is 15.7 Å². The second-order valence-corrected chi connectivity index (χ2v) is 4.93. The number of benzene rings is 1. The summed E-state index contributed by atoms with van der Waals surface area (Å²) in [4.78, 5) is 11.9. The smallest absolute Gasteiger partial charge is 0.338 e. The molecular formula is C13H13Cl2N3O2. The highest BCUT2D eigenvalue weighted by atomic mass is 35.5. The first kappa shape index (κ1) is 14.7. The van der Waals surface area contributed by atoms with Crippen molar-refractivity contribution in [3.05, 3.63) is 45.7 Å². The van der Waals surface area contributed by atoms with Gasteiger partial charge in [-0.25, -0.2) is 4.79 Å². The molecular weight excluding hydrogens is 301 g/mol. The maximum absolute atomic E-state index is 11.9. The van der Waals surface area contributed by atoms with E-state index >= 15 is 0 Å². The number of rotatable bonds is 4. The molecule has 2 aromatic rings. The van der Waals surface area contributed by atoms with Gasteiger partial charge in [0.05, 0.1) is 27.5 Å². The number of nitrogens with two attached hydrogens (primary N) is 1. The molecule has 0 aliphatic heterocycles. The van der Waals surface area contributed by atoms with Crippen molar-refractivity contribution in [3.63, 3.8) is 0 Å². The maximum atomic E-state index is 11.9. The topological polar surface area (TPSA) is 70.1 Å². The largest absolute Gasteiger partial charge is 0.457 e. The van der Waals surface area contributed by atoms with Crippen molar-refractivity contribution in [2.24, 2.45) is 0 Å². The summed E-state index contributed by atoms with van der Waals surface area (Å²) >= 11 is 11.7. The summed E-state index contributed by atoms with van der Waals surface area (Å²) in [6.45, 7) is 2.87. The van der Waals surface area contributed by atoms with Crippen LogP contribution < -0.4 is 5.73 Å². The van der Waals surface area contributed by atoms with E-state index in [0.717, 1.165) is 12.1 Å². The number of carbonyl (C=O) groups is 1. The van der Waals surface area contributed by atoms with Gasteiger partial charge in [0.25, 0.3) is 0 Å². The number of carbonyl (C=O) groups excluding carboxylic acids is 1. The lowest BCUT2D eigenvalue weighted by Gasteiger charge is -2.06. The van der Waals surface area contributed by atoms with Crippen molar-refractivity contribution < 1.29 is 9.53 Å². The molecule has 0 aliphatic rings. The SMILES string of the molecule is CCn1cc(COC(=O)c2cc(N)c(Cl)c(Cl)c2)cn1. The predicted octanol–water partition coefficient (Wildman–Crippen LogP) is 3.15. The Morgan fingerprint density at radius 2 is 2.20 bits per heavy atom. The lowest BCUT2D eigenvalue weighted by atomic mass is 10.2. The van der Waals surface area contributed by atoms with Crippen LogP contribution in [0.25, 0.3) is 0 Å². The van der Waals surface area contributed by atoms with Gasteiger partial charge < -0.3 is 10.5 Å². The minimum atomic E-state index is -0.514. The summed E-state index contributed by atoms with van der Waals surface area (Å²) in [5.74, 6) is -0.514. The van der Waals surface area contributed by atoms with Gasteiger partial charge in [0, 0.05) is 18.3 Å². The van der Waals surface area contributed by atoms with Gasteiger partial charge in [-0.15, -0.1) is 0 Å². The van der Waals surface area contributed by atoms with Crippen LogP contribution >= 0.6 is 23.2 Å². The quantitative estimate of drug-likeness (QED) is 0.695. The average molecular weight is 314 g/mol. The van der Waals surface area contributed by atoms with E-state index in [1.54, 1.807) is 10.9 Å². The summed E-state index contributed by atoms with van der Waals surface area (Å²) in [5, 5.41) is 4.54. The van der Waals surface area contributed by atoms with Gasteiger partial charge in [0.1, 0.15) is 6.61 Å². The molecule has 0 bridgehead atoms. The molecule has 0 atom stereocenters. The minimum absolute atomic E-state index is 0.138. The van der Waals surface area contributed by atoms with Gasteiger partial charge in [-0.05, 0) is 19.1 Å². The fraction of sp³-hybridized carbons (Fsp3) is 0.231. The Morgan fingerprint density at radius 3 is 2.80 bits per heavy atom. The number of nitrogens with zero attached hydrogens (tertiary/aromatic N) is 2. The predicted molar refractivity (Wildman–Crippen MR) is 77.9 cm³/mol. The van der Waals surface area contributed by atoms with Crippen molar-refractivity contribution in [2.45, 2.75) is 20.1 Å². The van der Waals surface area contributed by atoms with Crippen molar-refractivity contribution in [2.75, 3.05) is 5.73 Å². The Balaban J connectivity index is 2.05. The molecule has 0 unspecified atom stereocenters. The molecule has 1 heterocycles. The monoisotopic (exact) mass is 313 g/mol. The van der Waals surface area contributed by atoms with E-state index in [4.69, 9.17) is 33.7 Å². The highest BCUT2D eigenvalue weighted by Crippen LogP contribution is 2.29. The van der Waals surface area contributed by atoms with Crippen molar-refractivity contribution >= 4 is 34.9 Å². The Kier molecular flexibility index (Phi) is 4.52. The van der Waals surface area contributed by atoms with Gasteiger partial charge in [-0.3, -0.25) is 4.68 Å². The highest BCUT2D eigenvalue weighted by molar-refractivity contribution is 6.43. The van der Waals surface area contributed by atoms with Crippen LogP contribution in [0.5, 0.6) is 0 Å². The number of aromatic nitrogens is 2. The third-order valence-corrected chi connectivity index (χ3v) is 3.49. The summed E-state index contributed by atoms with van der Waals surface area (Å²) in [6.07, 6.45) is 3.47. The zero-order chi connectivity index (χ0) is 14.7. The Labute approximate surface area is 126 Å². The van der Waals surface area contributed by atoms with Gasteiger partial charge in [-0.2, -0.15) is 5.10 Å². The van der Waals surface area contributed by atoms with Crippen LogP contribution in [0.1, 0.15) is 22.8 Å². The molecule has 2 rings (SSSR count). The lowest BCUT2D eigenvalue weighted by Crippen LogP contribution is -2.06. The van der Waals surface area contributed by atoms with Gasteiger partial charge >= 0.3 is 5.97 Å². The number of aryl methyl sites for hydroxylation is 1. The molecule has 7 heteroatoms. The molecule has 0 saturated carbocycles. The number of hydrogen-bond donors (Lipinski definition) is 1. The van der Waals surface area contributed by atoms with E-state index in [1.807, 2.05) is 13.1 Å². The van der Waals surface area contributed by atoms with E-state index in [-0.39, 0.29) is 27.9 Å². The molecule has 1 aromatic carbocycles. The molecule has 0 aliphatic carbocycles. The zero-order valence-electron chi connectivity index (χ0n) is 10.8. The van der Waals surface area contributed by atoms with E-state index in [0.29, 0.717) is 0 Å². The second kappa shape index (κ2) is 6.15. The number of halogens is 2. The standard InChI is InChI=1S/C13H13Cl2N3O2/c1-2-18-6-8(5-17-18)7-20-13(19)9-3-10(14)12(15)11(16)4-9/h3-6H,2,7,16H2,1H3. The van der Waals surface area contributed by atoms with Crippen LogP contribution in [-0.2, 0) is 17.9 Å². The first-order chi connectivity index (χ1) is 9.51. The summed E-state index contributed by atoms with van der Waals surface area (Å²) < 4.78 is 6.92. The number of nitrogen functional groups attached to an aromatic ring is 1. The Hall–Kier alpha value is -1.72.